The molecule has 6 nitrogen and oxygen atoms in total. The first kappa shape index (κ1) is 16.3. The second-order valence-corrected chi connectivity index (χ2v) is 5.78. The van der Waals surface area contributed by atoms with Crippen LogP contribution in [0.15, 0.2) is 29.1 Å². The predicted molar refractivity (Wildman–Crippen MR) is 89.4 cm³/mol. The summed E-state index contributed by atoms with van der Waals surface area (Å²) in [7, 11) is 0. The third-order valence-corrected chi connectivity index (χ3v) is 3.93. The minimum Gasteiger partial charge on any atom is -0.379 e. The van der Waals surface area contributed by atoms with Crippen molar-refractivity contribution in [3.63, 3.8) is 0 Å². The van der Waals surface area contributed by atoms with Crippen LogP contribution in [0.3, 0.4) is 0 Å². The Labute approximate surface area is 138 Å². The van der Waals surface area contributed by atoms with Gasteiger partial charge in [-0.15, -0.1) is 0 Å². The first-order valence-electron chi connectivity index (χ1n) is 7.88. The van der Waals surface area contributed by atoms with Gasteiger partial charge in [-0.05, 0) is 30.5 Å². The highest BCUT2D eigenvalue weighted by Crippen LogP contribution is 2.15. The maximum atomic E-state index is 13.0. The molecule has 0 saturated carbocycles. The number of aromatic amines is 1. The molecule has 0 radical (unpaired) electrons. The Balaban J connectivity index is 1.86. The number of ether oxygens (including phenoxy) is 1. The van der Waals surface area contributed by atoms with E-state index < -0.39 is 0 Å². The number of H-pyrrole nitrogens is 1. The summed E-state index contributed by atoms with van der Waals surface area (Å²) in [5.74, 6) is 0.553. The Morgan fingerprint density at radius 2 is 2.21 bits per heavy atom. The molecule has 24 heavy (non-hydrogen) atoms. The van der Waals surface area contributed by atoms with Crippen LogP contribution in [0.5, 0.6) is 0 Å². The van der Waals surface area contributed by atoms with E-state index >= 15 is 0 Å². The molecular formula is C17H19FN4O2. The fourth-order valence-corrected chi connectivity index (χ4v) is 2.70. The van der Waals surface area contributed by atoms with Crippen molar-refractivity contribution in [3.05, 3.63) is 57.4 Å². The topological polar surface area (TPSA) is 90.9 Å². The lowest BCUT2D eigenvalue weighted by Crippen LogP contribution is -2.32. The second-order valence-electron chi connectivity index (χ2n) is 5.78. The molecule has 1 atom stereocenters. The molecule has 0 aliphatic carbocycles. The summed E-state index contributed by atoms with van der Waals surface area (Å²) in [5, 5.41) is 10.7. The SMILES string of the molecule is N=Cc1c(NC2CCCOC2)nc(Cc2ccc(F)cc2)[nH]c1=O. The van der Waals surface area contributed by atoms with E-state index in [-0.39, 0.29) is 23.0 Å². The van der Waals surface area contributed by atoms with Gasteiger partial charge in [0, 0.05) is 19.2 Å². The van der Waals surface area contributed by atoms with Crippen LogP contribution in [0, 0.1) is 11.2 Å². The third-order valence-electron chi connectivity index (χ3n) is 3.93. The number of benzene rings is 1. The van der Waals surface area contributed by atoms with Crippen molar-refractivity contribution in [1.82, 2.24) is 9.97 Å². The number of hydrogen-bond acceptors (Lipinski definition) is 5. The first-order chi connectivity index (χ1) is 11.7. The zero-order valence-electron chi connectivity index (χ0n) is 13.1. The largest absolute Gasteiger partial charge is 0.379 e. The third kappa shape index (κ3) is 3.86. The minimum atomic E-state index is -0.365. The molecule has 1 fully saturated rings. The number of hydrogen-bond donors (Lipinski definition) is 3. The molecule has 3 rings (SSSR count). The van der Waals surface area contributed by atoms with Gasteiger partial charge in [-0.2, -0.15) is 0 Å². The van der Waals surface area contributed by atoms with Gasteiger partial charge in [0.15, 0.2) is 0 Å². The number of nitrogens with one attached hydrogen (secondary N) is 3. The second kappa shape index (κ2) is 7.35. The summed E-state index contributed by atoms with van der Waals surface area (Å²) in [6.07, 6.45) is 3.26. The number of anilines is 1. The van der Waals surface area contributed by atoms with Crippen LogP contribution in [0.1, 0.15) is 29.8 Å². The van der Waals surface area contributed by atoms with E-state index in [0.717, 1.165) is 31.2 Å². The van der Waals surface area contributed by atoms with Gasteiger partial charge in [-0.1, -0.05) is 12.1 Å². The van der Waals surface area contributed by atoms with E-state index in [1.165, 1.54) is 12.1 Å². The van der Waals surface area contributed by atoms with Crippen LogP contribution in [-0.2, 0) is 11.2 Å². The molecule has 1 aromatic heterocycles. The zero-order chi connectivity index (χ0) is 16.9. The Morgan fingerprint density at radius 3 is 2.88 bits per heavy atom. The molecule has 1 unspecified atom stereocenters. The summed E-state index contributed by atoms with van der Waals surface area (Å²) in [5.41, 5.74) is 0.675. The molecule has 2 heterocycles. The van der Waals surface area contributed by atoms with E-state index in [1.54, 1.807) is 12.1 Å². The number of nitrogens with zero attached hydrogens (tertiary/aromatic N) is 1. The van der Waals surface area contributed by atoms with Gasteiger partial charge in [0.25, 0.3) is 5.56 Å². The molecule has 7 heteroatoms. The normalized spacial score (nSPS) is 17.5. The van der Waals surface area contributed by atoms with Gasteiger partial charge in [-0.3, -0.25) is 4.79 Å². The monoisotopic (exact) mass is 330 g/mol. The lowest BCUT2D eigenvalue weighted by Gasteiger charge is -2.24. The molecule has 2 aromatic rings. The minimum absolute atomic E-state index is 0.0745. The summed E-state index contributed by atoms with van der Waals surface area (Å²) in [4.78, 5) is 19.3. The van der Waals surface area contributed by atoms with Gasteiger partial charge >= 0.3 is 0 Å². The average Bonchev–Trinajstić information content (AvgIpc) is 2.58. The highest BCUT2D eigenvalue weighted by molar-refractivity contribution is 5.83. The molecule has 1 aromatic carbocycles. The maximum absolute atomic E-state index is 13.0. The molecule has 0 amide bonds. The Kier molecular flexibility index (Phi) is 5.00. The van der Waals surface area contributed by atoms with Crippen molar-refractivity contribution in [2.45, 2.75) is 25.3 Å². The number of aromatic nitrogens is 2. The summed E-state index contributed by atoms with van der Waals surface area (Å²) in [6.45, 7) is 1.30. The van der Waals surface area contributed by atoms with Crippen molar-refractivity contribution in [2.75, 3.05) is 18.5 Å². The van der Waals surface area contributed by atoms with Gasteiger partial charge in [0.05, 0.1) is 18.2 Å². The van der Waals surface area contributed by atoms with Crippen molar-refractivity contribution in [2.24, 2.45) is 0 Å². The van der Waals surface area contributed by atoms with Crippen LogP contribution in [0.25, 0.3) is 0 Å². The van der Waals surface area contributed by atoms with Gasteiger partial charge in [0.2, 0.25) is 0 Å². The molecule has 1 saturated heterocycles. The van der Waals surface area contributed by atoms with Gasteiger partial charge in [-0.25, -0.2) is 9.37 Å². The summed E-state index contributed by atoms with van der Waals surface area (Å²) < 4.78 is 18.4. The van der Waals surface area contributed by atoms with Crippen molar-refractivity contribution >= 4 is 12.0 Å². The number of halogens is 1. The van der Waals surface area contributed by atoms with E-state index in [0.29, 0.717) is 24.7 Å². The molecule has 126 valence electrons. The van der Waals surface area contributed by atoms with Gasteiger partial charge in [0.1, 0.15) is 17.5 Å². The van der Waals surface area contributed by atoms with Crippen LogP contribution in [-0.4, -0.2) is 35.4 Å². The first-order valence-corrected chi connectivity index (χ1v) is 7.88. The van der Waals surface area contributed by atoms with Crippen LogP contribution >= 0.6 is 0 Å². The quantitative estimate of drug-likeness (QED) is 0.732. The van der Waals surface area contributed by atoms with Crippen LogP contribution in [0.2, 0.25) is 0 Å². The summed E-state index contributed by atoms with van der Waals surface area (Å²) >= 11 is 0. The highest BCUT2D eigenvalue weighted by Gasteiger charge is 2.17. The standard InChI is InChI=1S/C17H19FN4O2/c18-12-5-3-11(4-6-12)8-15-21-16(14(9-19)17(23)22-15)20-13-2-1-7-24-10-13/h3-6,9,13,19H,1-2,7-8,10H2,(H2,20,21,22,23). The summed E-state index contributed by atoms with van der Waals surface area (Å²) in [6, 6.07) is 6.13. The lowest BCUT2D eigenvalue weighted by atomic mass is 10.1. The van der Waals surface area contributed by atoms with Gasteiger partial charge < -0.3 is 20.4 Å². The lowest BCUT2D eigenvalue weighted by molar-refractivity contribution is 0.0875. The van der Waals surface area contributed by atoms with E-state index in [2.05, 4.69) is 15.3 Å². The van der Waals surface area contributed by atoms with Crippen molar-refractivity contribution in [3.8, 4) is 0 Å². The van der Waals surface area contributed by atoms with E-state index in [4.69, 9.17) is 10.1 Å². The fourth-order valence-electron chi connectivity index (χ4n) is 2.70. The molecule has 0 spiro atoms. The van der Waals surface area contributed by atoms with Crippen molar-refractivity contribution in [1.29, 1.82) is 5.41 Å². The fraction of sp³-hybridized carbons (Fsp3) is 0.353. The number of rotatable bonds is 5. The van der Waals surface area contributed by atoms with E-state index in [9.17, 15) is 9.18 Å². The predicted octanol–water partition coefficient (Wildman–Crippen LogP) is 2.09. The Hall–Kier alpha value is -2.54. The Bertz CT molecular complexity index is 767. The molecule has 1 aliphatic rings. The van der Waals surface area contributed by atoms with Crippen molar-refractivity contribution < 1.29 is 9.13 Å². The molecule has 0 bridgehead atoms. The molecule has 3 N–H and O–H groups in total. The van der Waals surface area contributed by atoms with Crippen LogP contribution in [0.4, 0.5) is 10.2 Å². The zero-order valence-corrected chi connectivity index (χ0v) is 13.1. The molecular weight excluding hydrogens is 311 g/mol. The van der Waals surface area contributed by atoms with Crippen LogP contribution < -0.4 is 10.9 Å². The average molecular weight is 330 g/mol. The maximum Gasteiger partial charge on any atom is 0.261 e. The van der Waals surface area contributed by atoms with E-state index in [1.807, 2.05) is 0 Å². The smallest absolute Gasteiger partial charge is 0.261 e. The highest BCUT2D eigenvalue weighted by atomic mass is 19.1. The molecule has 1 aliphatic heterocycles. The Morgan fingerprint density at radius 1 is 1.42 bits per heavy atom.